The molecule has 2 unspecified atom stereocenters. The highest BCUT2D eigenvalue weighted by Gasteiger charge is 2.68. The van der Waals surface area contributed by atoms with Crippen LogP contribution in [0.25, 0.3) is 0 Å². The van der Waals surface area contributed by atoms with Crippen molar-refractivity contribution in [2.45, 2.75) is 69.3 Å². The van der Waals surface area contributed by atoms with E-state index < -0.39 is 16.7 Å². The van der Waals surface area contributed by atoms with Crippen LogP contribution in [-0.2, 0) is 24.9 Å². The van der Waals surface area contributed by atoms with Crippen LogP contribution in [0.15, 0.2) is 47.4 Å². The molecule has 0 amide bonds. The third-order valence-electron chi connectivity index (χ3n) is 9.05. The van der Waals surface area contributed by atoms with E-state index in [0.29, 0.717) is 29.9 Å². The van der Waals surface area contributed by atoms with Crippen molar-refractivity contribution in [3.63, 3.8) is 0 Å². The SMILES string of the molecule is C[C@]12C=CC(=O)CC1CC[C@H]1[C@@H]3CCC(=O)[C@@]3(C)CC[C@]12OS(=O)c1ccccc1. The van der Waals surface area contributed by atoms with Crippen LogP contribution in [0, 0.1) is 28.6 Å². The molecule has 0 bridgehead atoms. The number of allylic oxidation sites excluding steroid dienone is 1. The van der Waals surface area contributed by atoms with Crippen molar-refractivity contribution in [2.24, 2.45) is 28.6 Å². The van der Waals surface area contributed by atoms with Gasteiger partial charge in [-0.2, -0.15) is 0 Å². The Labute approximate surface area is 181 Å². The van der Waals surface area contributed by atoms with Crippen molar-refractivity contribution in [1.82, 2.24) is 0 Å². The van der Waals surface area contributed by atoms with Crippen LogP contribution >= 0.6 is 0 Å². The molecule has 0 heterocycles. The fraction of sp³-hybridized carbons (Fsp3) is 0.600. The van der Waals surface area contributed by atoms with Gasteiger partial charge in [0.1, 0.15) is 5.78 Å². The lowest BCUT2D eigenvalue weighted by Crippen LogP contribution is -2.65. The summed E-state index contributed by atoms with van der Waals surface area (Å²) in [7, 11) is 0. The first-order chi connectivity index (χ1) is 14.3. The second-order valence-corrected chi connectivity index (χ2v) is 11.3. The summed E-state index contributed by atoms with van der Waals surface area (Å²) in [5, 5.41) is 0. The molecule has 0 saturated heterocycles. The van der Waals surface area contributed by atoms with Gasteiger partial charge in [0.15, 0.2) is 16.9 Å². The maximum absolute atomic E-state index is 13.4. The van der Waals surface area contributed by atoms with E-state index in [-0.39, 0.29) is 34.4 Å². The molecule has 0 N–H and O–H groups in total. The molecule has 3 fully saturated rings. The Kier molecular flexibility index (Phi) is 4.71. The molecule has 4 nitrogen and oxygen atoms in total. The molecule has 4 aliphatic rings. The van der Waals surface area contributed by atoms with E-state index in [4.69, 9.17) is 4.18 Å². The van der Waals surface area contributed by atoms with Crippen molar-refractivity contribution in [3.05, 3.63) is 42.5 Å². The van der Waals surface area contributed by atoms with Gasteiger partial charge in [-0.1, -0.05) is 38.1 Å². The highest BCUT2D eigenvalue weighted by atomic mass is 32.2. The fourth-order valence-corrected chi connectivity index (χ4v) is 8.36. The molecule has 1 aromatic carbocycles. The Morgan fingerprint density at radius 3 is 2.53 bits per heavy atom. The summed E-state index contributed by atoms with van der Waals surface area (Å²) in [5.41, 5.74) is -1.27. The normalized spacial score (nSPS) is 43.6. The number of hydrogen-bond acceptors (Lipinski definition) is 4. The first-order valence-corrected chi connectivity index (χ1v) is 12.3. The van der Waals surface area contributed by atoms with E-state index in [1.165, 1.54) is 0 Å². The fourth-order valence-electron chi connectivity index (χ4n) is 7.23. The first kappa shape index (κ1) is 20.3. The molecule has 30 heavy (non-hydrogen) atoms. The summed E-state index contributed by atoms with van der Waals surface area (Å²) in [5.74, 6) is 1.18. The molecule has 7 atom stereocenters. The van der Waals surface area contributed by atoms with E-state index in [0.717, 1.165) is 25.7 Å². The molecule has 0 spiro atoms. The van der Waals surface area contributed by atoms with Gasteiger partial charge in [-0.05, 0) is 68.1 Å². The number of Topliss-reactive ketones (excluding diaryl/α,β-unsaturated/α-hetero) is 1. The molecule has 5 rings (SSSR count). The smallest absolute Gasteiger partial charge is 0.189 e. The van der Waals surface area contributed by atoms with E-state index in [1.807, 2.05) is 30.3 Å². The summed E-state index contributed by atoms with van der Waals surface area (Å²) in [6, 6.07) is 9.35. The Balaban J connectivity index is 1.61. The standard InChI is InChI=1S/C25H30O4S/c1-23-14-15-25(29-30(28)19-6-4-3-5-7-19)21(20(23)10-11-22(23)27)9-8-17-16-18(26)12-13-24(17,25)2/h3-7,12-13,17,20-21H,8-11,14-16H2,1-2H3/t17?,20-,21-,23-,24-,25-,30?/m0/s1. The van der Waals surface area contributed by atoms with Gasteiger partial charge < -0.3 is 0 Å². The van der Waals surface area contributed by atoms with Gasteiger partial charge in [0.25, 0.3) is 0 Å². The average Bonchev–Trinajstić information content (AvgIpc) is 3.04. The molecule has 1 aromatic rings. The van der Waals surface area contributed by atoms with Gasteiger partial charge in [0.2, 0.25) is 0 Å². The van der Waals surface area contributed by atoms with Crippen LogP contribution in [0.2, 0.25) is 0 Å². The Hall–Kier alpha value is -1.59. The highest BCUT2D eigenvalue weighted by molar-refractivity contribution is 7.80. The van der Waals surface area contributed by atoms with Gasteiger partial charge in [0, 0.05) is 23.7 Å². The van der Waals surface area contributed by atoms with Gasteiger partial charge in [0.05, 0.1) is 10.5 Å². The van der Waals surface area contributed by atoms with E-state index >= 15 is 0 Å². The number of hydrogen-bond donors (Lipinski definition) is 0. The number of ketones is 2. The van der Waals surface area contributed by atoms with Crippen LogP contribution in [0.4, 0.5) is 0 Å². The molecular weight excluding hydrogens is 396 g/mol. The first-order valence-electron chi connectivity index (χ1n) is 11.2. The predicted molar refractivity (Wildman–Crippen MR) is 115 cm³/mol. The molecular formula is C25H30O4S. The minimum atomic E-state index is -1.59. The van der Waals surface area contributed by atoms with E-state index in [2.05, 4.69) is 19.9 Å². The molecule has 0 aliphatic heterocycles. The summed E-state index contributed by atoms with van der Waals surface area (Å²) >= 11 is -1.59. The molecule has 0 radical (unpaired) electrons. The number of carbonyl (C=O) groups is 2. The third-order valence-corrected chi connectivity index (χ3v) is 10.2. The lowest BCUT2D eigenvalue weighted by Gasteiger charge is -2.63. The van der Waals surface area contributed by atoms with Crippen LogP contribution in [0.5, 0.6) is 0 Å². The minimum Gasteiger partial charge on any atom is -0.299 e. The maximum atomic E-state index is 13.4. The molecule has 160 valence electrons. The predicted octanol–water partition coefficient (Wildman–Crippen LogP) is 4.81. The Morgan fingerprint density at radius 2 is 1.77 bits per heavy atom. The lowest BCUT2D eigenvalue weighted by atomic mass is 9.44. The maximum Gasteiger partial charge on any atom is 0.189 e. The van der Waals surface area contributed by atoms with Gasteiger partial charge in [-0.25, -0.2) is 4.21 Å². The summed E-state index contributed by atoms with van der Waals surface area (Å²) in [6.45, 7) is 4.34. The van der Waals surface area contributed by atoms with Crippen molar-refractivity contribution in [2.75, 3.05) is 0 Å². The van der Waals surface area contributed by atoms with E-state index in [1.54, 1.807) is 6.08 Å². The summed E-state index contributed by atoms with van der Waals surface area (Å²) in [6.07, 6.45) is 9.20. The van der Waals surface area contributed by atoms with Crippen LogP contribution in [0.1, 0.15) is 58.8 Å². The Morgan fingerprint density at radius 1 is 1.00 bits per heavy atom. The zero-order valence-corrected chi connectivity index (χ0v) is 18.6. The molecule has 0 aromatic heterocycles. The van der Waals surface area contributed by atoms with Crippen LogP contribution in [-0.4, -0.2) is 21.4 Å². The quantitative estimate of drug-likeness (QED) is 0.696. The number of benzene rings is 1. The average molecular weight is 427 g/mol. The van der Waals surface area contributed by atoms with Crippen LogP contribution in [0.3, 0.4) is 0 Å². The lowest BCUT2D eigenvalue weighted by molar-refractivity contribution is -0.187. The van der Waals surface area contributed by atoms with Gasteiger partial charge in [-0.15, -0.1) is 0 Å². The highest BCUT2D eigenvalue weighted by Crippen LogP contribution is 2.67. The zero-order valence-electron chi connectivity index (χ0n) is 17.8. The largest absolute Gasteiger partial charge is 0.299 e. The number of fused-ring (bicyclic) bond motifs is 5. The van der Waals surface area contributed by atoms with Gasteiger partial charge in [-0.3, -0.25) is 13.8 Å². The molecule has 3 saturated carbocycles. The molecule has 4 aliphatic carbocycles. The second-order valence-electron chi connectivity index (χ2n) is 10.2. The van der Waals surface area contributed by atoms with Crippen molar-refractivity contribution < 1.29 is 18.0 Å². The number of carbonyl (C=O) groups excluding carboxylic acids is 2. The number of rotatable bonds is 3. The third kappa shape index (κ3) is 2.70. The Bertz CT molecular complexity index is 940. The van der Waals surface area contributed by atoms with Gasteiger partial charge >= 0.3 is 0 Å². The monoisotopic (exact) mass is 426 g/mol. The van der Waals surface area contributed by atoms with Crippen LogP contribution < -0.4 is 0 Å². The molecule has 5 heteroatoms. The van der Waals surface area contributed by atoms with E-state index in [9.17, 15) is 13.8 Å². The zero-order chi connectivity index (χ0) is 21.1. The van der Waals surface area contributed by atoms with Crippen molar-refractivity contribution in [1.29, 1.82) is 0 Å². The minimum absolute atomic E-state index is 0.173. The van der Waals surface area contributed by atoms with Crippen molar-refractivity contribution in [3.8, 4) is 0 Å². The second kappa shape index (κ2) is 6.96. The van der Waals surface area contributed by atoms with Crippen molar-refractivity contribution >= 4 is 22.6 Å². The summed E-state index contributed by atoms with van der Waals surface area (Å²) in [4.78, 5) is 25.7. The summed E-state index contributed by atoms with van der Waals surface area (Å²) < 4.78 is 20.1. The topological polar surface area (TPSA) is 60.4 Å².